The van der Waals surface area contributed by atoms with Crippen LogP contribution in [0.1, 0.15) is 31.2 Å². The maximum Gasteiger partial charge on any atom is 0.226 e. The second-order valence-electron chi connectivity index (χ2n) is 8.91. The molecule has 0 saturated carbocycles. The van der Waals surface area contributed by atoms with Gasteiger partial charge in [0.25, 0.3) is 0 Å². The van der Waals surface area contributed by atoms with Gasteiger partial charge < -0.3 is 15.0 Å². The van der Waals surface area contributed by atoms with Gasteiger partial charge in [0.2, 0.25) is 5.91 Å². The van der Waals surface area contributed by atoms with Crippen molar-refractivity contribution in [1.82, 2.24) is 10.2 Å². The number of rotatable bonds is 5. The first-order valence-corrected chi connectivity index (χ1v) is 11.1. The van der Waals surface area contributed by atoms with E-state index in [0.29, 0.717) is 38.0 Å². The Hall–Kier alpha value is -2.31. The van der Waals surface area contributed by atoms with Crippen molar-refractivity contribution in [2.45, 2.75) is 38.1 Å². The van der Waals surface area contributed by atoms with Gasteiger partial charge in [-0.3, -0.25) is 4.79 Å². The van der Waals surface area contributed by atoms with Crippen molar-refractivity contribution < 1.29 is 18.3 Å². The third kappa shape index (κ3) is 4.96. The number of likely N-dealkylation sites (tertiary alicyclic amines) is 1. The summed E-state index contributed by atoms with van der Waals surface area (Å²) in [5.74, 6) is -1.64. The summed E-state index contributed by atoms with van der Waals surface area (Å²) < 4.78 is 32.9. The van der Waals surface area contributed by atoms with E-state index in [9.17, 15) is 13.6 Å². The van der Waals surface area contributed by atoms with E-state index in [4.69, 9.17) is 4.74 Å². The van der Waals surface area contributed by atoms with Gasteiger partial charge >= 0.3 is 0 Å². The molecule has 2 saturated heterocycles. The van der Waals surface area contributed by atoms with E-state index in [1.807, 2.05) is 24.3 Å². The van der Waals surface area contributed by atoms with E-state index < -0.39 is 17.0 Å². The summed E-state index contributed by atoms with van der Waals surface area (Å²) in [5.41, 5.74) is 1.86. The summed E-state index contributed by atoms with van der Waals surface area (Å²) in [7, 11) is 2.10. The third-order valence-corrected chi connectivity index (χ3v) is 6.76. The fraction of sp³-hybridized carbons (Fsp3) is 0.480. The molecular weight excluding hydrogens is 398 g/mol. The highest BCUT2D eigenvalue weighted by molar-refractivity contribution is 5.84. The number of carbonyl (C=O) groups is 1. The Morgan fingerprint density at radius 2 is 1.81 bits per heavy atom. The Morgan fingerprint density at radius 1 is 1.10 bits per heavy atom. The number of hydrogen-bond acceptors (Lipinski definition) is 3. The number of nitrogens with one attached hydrogen (secondary N) is 1. The number of nitrogens with zero attached hydrogens (tertiary/aromatic N) is 1. The minimum absolute atomic E-state index is 0.0884. The zero-order valence-electron chi connectivity index (χ0n) is 18.0. The standard InChI is InChI=1S/C25H30F2N2O2/c1-29-12-8-20(9-13-29)28-24(30)25(10-14-31-15-11-25)17-19-4-2-3-5-21(19)18-6-7-22(26)23(27)16-18/h2-7,16,20H,8-15,17H2,1H3,(H,28,30). The molecule has 2 aliphatic heterocycles. The topological polar surface area (TPSA) is 41.6 Å². The van der Waals surface area contributed by atoms with Gasteiger partial charge in [-0.25, -0.2) is 8.78 Å². The average molecular weight is 429 g/mol. The monoisotopic (exact) mass is 428 g/mol. The number of hydrogen-bond donors (Lipinski definition) is 1. The van der Waals surface area contributed by atoms with Crippen molar-refractivity contribution in [3.05, 3.63) is 59.7 Å². The van der Waals surface area contributed by atoms with Crippen LogP contribution in [0.4, 0.5) is 8.78 Å². The van der Waals surface area contributed by atoms with E-state index in [-0.39, 0.29) is 11.9 Å². The molecule has 0 aliphatic carbocycles. The first kappa shape index (κ1) is 21.9. The Kier molecular flexibility index (Phi) is 6.68. The third-order valence-electron chi connectivity index (χ3n) is 6.76. The largest absolute Gasteiger partial charge is 0.381 e. The normalized spacial score (nSPS) is 19.8. The molecule has 2 aromatic rings. The van der Waals surface area contributed by atoms with Gasteiger partial charge in [0.15, 0.2) is 11.6 Å². The number of benzene rings is 2. The van der Waals surface area contributed by atoms with Crippen molar-refractivity contribution in [3.63, 3.8) is 0 Å². The first-order chi connectivity index (χ1) is 15.0. The smallest absolute Gasteiger partial charge is 0.226 e. The van der Waals surface area contributed by atoms with E-state index in [2.05, 4.69) is 17.3 Å². The minimum Gasteiger partial charge on any atom is -0.381 e. The molecule has 0 unspecified atom stereocenters. The van der Waals surface area contributed by atoms with Crippen molar-refractivity contribution in [1.29, 1.82) is 0 Å². The fourth-order valence-corrected chi connectivity index (χ4v) is 4.72. The minimum atomic E-state index is -0.868. The zero-order chi connectivity index (χ0) is 21.8. The van der Waals surface area contributed by atoms with Crippen LogP contribution in [0.3, 0.4) is 0 Å². The molecule has 2 aromatic carbocycles. The molecule has 0 atom stereocenters. The number of halogens is 2. The molecule has 0 radical (unpaired) electrons. The molecule has 166 valence electrons. The van der Waals surface area contributed by atoms with E-state index in [1.165, 1.54) is 6.07 Å². The highest BCUT2D eigenvalue weighted by Gasteiger charge is 2.41. The lowest BCUT2D eigenvalue weighted by Crippen LogP contribution is -2.51. The molecular formula is C25H30F2N2O2. The quantitative estimate of drug-likeness (QED) is 0.777. The Bertz CT molecular complexity index is 919. The molecule has 0 aromatic heterocycles. The molecule has 1 amide bonds. The van der Waals surface area contributed by atoms with Crippen LogP contribution >= 0.6 is 0 Å². The molecule has 6 heteroatoms. The van der Waals surface area contributed by atoms with E-state index in [1.54, 1.807) is 6.07 Å². The molecule has 0 bridgehead atoms. The molecule has 0 spiro atoms. The summed E-state index contributed by atoms with van der Waals surface area (Å²) in [6.07, 6.45) is 3.76. The Morgan fingerprint density at radius 3 is 2.52 bits per heavy atom. The number of amides is 1. The highest BCUT2D eigenvalue weighted by atomic mass is 19.2. The fourth-order valence-electron chi connectivity index (χ4n) is 4.72. The lowest BCUT2D eigenvalue weighted by molar-refractivity contribution is -0.137. The SMILES string of the molecule is CN1CCC(NC(=O)C2(Cc3ccccc3-c3ccc(F)c(F)c3)CCOCC2)CC1. The van der Waals surface area contributed by atoms with Crippen molar-refractivity contribution in [3.8, 4) is 11.1 Å². The maximum absolute atomic E-state index is 13.9. The summed E-state index contributed by atoms with van der Waals surface area (Å²) in [6.45, 7) is 3.07. The number of ether oxygens (including phenoxy) is 1. The van der Waals surface area contributed by atoms with Gasteiger partial charge in [-0.1, -0.05) is 30.3 Å². The van der Waals surface area contributed by atoms with Crippen molar-refractivity contribution in [2.75, 3.05) is 33.4 Å². The lowest BCUT2D eigenvalue weighted by atomic mass is 9.73. The first-order valence-electron chi connectivity index (χ1n) is 11.1. The summed E-state index contributed by atoms with van der Waals surface area (Å²) in [6, 6.07) is 11.9. The van der Waals surface area contributed by atoms with Crippen LogP contribution in [0.15, 0.2) is 42.5 Å². The van der Waals surface area contributed by atoms with E-state index in [0.717, 1.165) is 43.1 Å². The molecule has 2 aliphatic rings. The van der Waals surface area contributed by atoms with Gasteiger partial charge in [-0.2, -0.15) is 0 Å². The zero-order valence-corrected chi connectivity index (χ0v) is 18.0. The molecule has 31 heavy (non-hydrogen) atoms. The van der Waals surface area contributed by atoms with Crippen molar-refractivity contribution in [2.24, 2.45) is 5.41 Å². The molecule has 2 heterocycles. The Balaban J connectivity index is 1.60. The number of piperidine rings is 1. The molecule has 4 rings (SSSR count). The molecule has 4 nitrogen and oxygen atoms in total. The highest BCUT2D eigenvalue weighted by Crippen LogP contribution is 2.38. The van der Waals surface area contributed by atoms with E-state index >= 15 is 0 Å². The van der Waals surface area contributed by atoms with Gasteiger partial charge in [-0.05, 0) is 81.1 Å². The van der Waals surface area contributed by atoms with Crippen LogP contribution in [0.5, 0.6) is 0 Å². The summed E-state index contributed by atoms with van der Waals surface area (Å²) in [4.78, 5) is 15.8. The van der Waals surface area contributed by atoms with Crippen LogP contribution in [-0.4, -0.2) is 50.2 Å². The summed E-state index contributed by atoms with van der Waals surface area (Å²) >= 11 is 0. The molecule has 1 N–H and O–H groups in total. The maximum atomic E-state index is 13.9. The van der Waals surface area contributed by atoms with Gasteiger partial charge in [0.05, 0.1) is 5.41 Å². The van der Waals surface area contributed by atoms with Gasteiger partial charge in [-0.15, -0.1) is 0 Å². The predicted molar refractivity (Wildman–Crippen MR) is 117 cm³/mol. The predicted octanol–water partition coefficient (Wildman–Crippen LogP) is 4.18. The van der Waals surface area contributed by atoms with Crippen LogP contribution in [0.2, 0.25) is 0 Å². The van der Waals surface area contributed by atoms with Crippen LogP contribution < -0.4 is 5.32 Å². The summed E-state index contributed by atoms with van der Waals surface area (Å²) in [5, 5.41) is 3.32. The van der Waals surface area contributed by atoms with Crippen molar-refractivity contribution >= 4 is 5.91 Å². The van der Waals surface area contributed by atoms with Crippen LogP contribution in [-0.2, 0) is 16.0 Å². The number of carbonyl (C=O) groups excluding carboxylic acids is 1. The lowest BCUT2D eigenvalue weighted by Gasteiger charge is -2.39. The van der Waals surface area contributed by atoms with Gasteiger partial charge in [0.1, 0.15) is 0 Å². The van der Waals surface area contributed by atoms with Gasteiger partial charge in [0, 0.05) is 19.3 Å². The second-order valence-corrected chi connectivity index (χ2v) is 8.91. The average Bonchev–Trinajstić information content (AvgIpc) is 2.78. The molecule has 2 fully saturated rings. The van der Waals surface area contributed by atoms with Crippen LogP contribution in [0.25, 0.3) is 11.1 Å². The second kappa shape index (κ2) is 9.45. The Labute approximate surface area is 182 Å². The van der Waals surface area contributed by atoms with Crippen LogP contribution in [0, 0.1) is 17.0 Å².